The molecule has 2 nitrogen and oxygen atoms in total. The molecule has 0 spiro atoms. The van der Waals surface area contributed by atoms with Gasteiger partial charge in [-0.2, -0.15) is 0 Å². The molecular formula is C12H17ClO2. The molecule has 0 aromatic heterocycles. The average Bonchev–Trinajstić information content (AvgIpc) is 2.15. The Bertz CT molecular complexity index is 299. The molecule has 0 bridgehead atoms. The number of benzene rings is 1. The molecule has 84 valence electrons. The van der Waals surface area contributed by atoms with Gasteiger partial charge in [-0.25, -0.2) is 0 Å². The number of aliphatic hydroxyl groups excluding tert-OH is 1. The predicted molar refractivity (Wildman–Crippen MR) is 62.4 cm³/mol. The zero-order valence-corrected chi connectivity index (χ0v) is 9.87. The topological polar surface area (TPSA) is 29.5 Å². The van der Waals surface area contributed by atoms with Gasteiger partial charge in [-0.3, -0.25) is 0 Å². The molecule has 0 fully saturated rings. The molecule has 1 unspecified atom stereocenters. The average molecular weight is 229 g/mol. The van der Waals surface area contributed by atoms with Gasteiger partial charge < -0.3 is 9.84 Å². The summed E-state index contributed by atoms with van der Waals surface area (Å²) in [5.74, 6) is 1.09. The summed E-state index contributed by atoms with van der Waals surface area (Å²) in [6, 6.07) is 7.27. The second-order valence-corrected chi connectivity index (χ2v) is 4.43. The Balaban J connectivity index is 2.40. The van der Waals surface area contributed by atoms with Crippen molar-refractivity contribution in [2.75, 3.05) is 6.61 Å². The van der Waals surface area contributed by atoms with Crippen LogP contribution >= 0.6 is 11.6 Å². The van der Waals surface area contributed by atoms with Crippen LogP contribution in [0.5, 0.6) is 5.75 Å². The maximum absolute atomic E-state index is 9.60. The Morgan fingerprint density at radius 3 is 2.60 bits per heavy atom. The number of aliphatic hydroxyl groups is 1. The molecule has 0 saturated carbocycles. The van der Waals surface area contributed by atoms with Gasteiger partial charge in [0.2, 0.25) is 0 Å². The second kappa shape index (κ2) is 5.99. The van der Waals surface area contributed by atoms with Crippen LogP contribution in [0.15, 0.2) is 24.3 Å². The van der Waals surface area contributed by atoms with Gasteiger partial charge in [0.15, 0.2) is 0 Å². The zero-order chi connectivity index (χ0) is 11.3. The molecule has 0 heterocycles. The lowest BCUT2D eigenvalue weighted by Crippen LogP contribution is -2.19. The predicted octanol–water partition coefficient (Wildman–Crippen LogP) is 3.13. The van der Waals surface area contributed by atoms with Crippen LogP contribution in [0, 0.1) is 5.92 Å². The Kier molecular flexibility index (Phi) is 4.92. The summed E-state index contributed by atoms with van der Waals surface area (Å²) in [6.45, 7) is 4.43. The number of hydrogen-bond donors (Lipinski definition) is 1. The molecular weight excluding hydrogens is 212 g/mol. The molecule has 0 aliphatic heterocycles. The van der Waals surface area contributed by atoms with Crippen molar-refractivity contribution in [1.82, 2.24) is 0 Å². The highest BCUT2D eigenvalue weighted by molar-refractivity contribution is 6.32. The fourth-order valence-electron chi connectivity index (χ4n) is 1.36. The molecule has 0 saturated heterocycles. The van der Waals surface area contributed by atoms with E-state index in [1.54, 1.807) is 12.1 Å². The van der Waals surface area contributed by atoms with Crippen molar-refractivity contribution in [3.63, 3.8) is 0 Å². The highest BCUT2D eigenvalue weighted by Gasteiger charge is 2.08. The van der Waals surface area contributed by atoms with E-state index in [0.717, 1.165) is 6.42 Å². The molecule has 1 atom stereocenters. The summed E-state index contributed by atoms with van der Waals surface area (Å²) >= 11 is 5.91. The first-order valence-corrected chi connectivity index (χ1v) is 5.52. The molecule has 15 heavy (non-hydrogen) atoms. The fourth-order valence-corrected chi connectivity index (χ4v) is 1.55. The van der Waals surface area contributed by atoms with Gasteiger partial charge in [-0.15, -0.1) is 0 Å². The number of halogens is 1. The van der Waals surface area contributed by atoms with Crippen LogP contribution in [0.25, 0.3) is 0 Å². The Hall–Kier alpha value is -0.730. The van der Waals surface area contributed by atoms with E-state index >= 15 is 0 Å². The van der Waals surface area contributed by atoms with E-state index in [2.05, 4.69) is 13.8 Å². The van der Waals surface area contributed by atoms with Gasteiger partial charge in [-0.1, -0.05) is 37.6 Å². The summed E-state index contributed by atoms with van der Waals surface area (Å²) in [5, 5.41) is 10.2. The van der Waals surface area contributed by atoms with E-state index in [1.807, 2.05) is 12.1 Å². The minimum atomic E-state index is -0.429. The third-order valence-corrected chi connectivity index (χ3v) is 2.32. The minimum absolute atomic E-state index is 0.294. The number of para-hydroxylation sites is 1. The van der Waals surface area contributed by atoms with Crippen LogP contribution in [0.3, 0.4) is 0 Å². The molecule has 3 heteroatoms. The summed E-state index contributed by atoms with van der Waals surface area (Å²) < 4.78 is 5.42. The first-order chi connectivity index (χ1) is 7.09. The van der Waals surface area contributed by atoms with Crippen molar-refractivity contribution in [3.05, 3.63) is 29.3 Å². The van der Waals surface area contributed by atoms with E-state index in [1.165, 1.54) is 0 Å². The van der Waals surface area contributed by atoms with Crippen molar-refractivity contribution < 1.29 is 9.84 Å². The minimum Gasteiger partial charge on any atom is -0.489 e. The monoisotopic (exact) mass is 228 g/mol. The number of rotatable bonds is 5. The van der Waals surface area contributed by atoms with E-state index < -0.39 is 6.10 Å². The van der Waals surface area contributed by atoms with Gasteiger partial charge in [0.05, 0.1) is 11.1 Å². The Labute approximate surface area is 95.8 Å². The van der Waals surface area contributed by atoms with Crippen molar-refractivity contribution in [3.8, 4) is 5.75 Å². The molecule has 1 N–H and O–H groups in total. The van der Waals surface area contributed by atoms with Gasteiger partial charge in [-0.05, 0) is 24.5 Å². The summed E-state index contributed by atoms with van der Waals surface area (Å²) in [7, 11) is 0. The lowest BCUT2D eigenvalue weighted by Gasteiger charge is -2.14. The van der Waals surface area contributed by atoms with Crippen LogP contribution in [-0.4, -0.2) is 17.8 Å². The van der Waals surface area contributed by atoms with Crippen molar-refractivity contribution in [2.24, 2.45) is 5.92 Å². The maximum atomic E-state index is 9.60. The molecule has 0 aliphatic rings. The maximum Gasteiger partial charge on any atom is 0.138 e. The van der Waals surface area contributed by atoms with Crippen LogP contribution in [0.2, 0.25) is 5.02 Å². The lowest BCUT2D eigenvalue weighted by atomic mass is 10.1. The normalized spacial score (nSPS) is 12.9. The summed E-state index contributed by atoms with van der Waals surface area (Å²) in [5.41, 5.74) is 0. The highest BCUT2D eigenvalue weighted by Crippen LogP contribution is 2.23. The summed E-state index contributed by atoms with van der Waals surface area (Å²) in [4.78, 5) is 0. The zero-order valence-electron chi connectivity index (χ0n) is 9.11. The lowest BCUT2D eigenvalue weighted by molar-refractivity contribution is 0.0893. The van der Waals surface area contributed by atoms with Crippen LogP contribution in [-0.2, 0) is 0 Å². The molecule has 0 radical (unpaired) electrons. The van der Waals surface area contributed by atoms with Gasteiger partial charge in [0.25, 0.3) is 0 Å². The number of hydrogen-bond acceptors (Lipinski definition) is 2. The van der Waals surface area contributed by atoms with Crippen LogP contribution in [0.1, 0.15) is 20.3 Å². The van der Waals surface area contributed by atoms with Crippen LogP contribution in [0.4, 0.5) is 0 Å². The van der Waals surface area contributed by atoms with E-state index in [9.17, 15) is 5.11 Å². The first kappa shape index (κ1) is 12.3. The molecule has 1 aromatic carbocycles. The SMILES string of the molecule is CC(C)CC(O)COc1ccccc1Cl. The standard InChI is InChI=1S/C12H17ClO2/c1-9(2)7-10(14)8-15-12-6-4-3-5-11(12)13/h3-6,9-10,14H,7-8H2,1-2H3. The molecule has 1 aromatic rings. The molecule has 1 rings (SSSR count). The van der Waals surface area contributed by atoms with Crippen LogP contribution < -0.4 is 4.74 Å². The van der Waals surface area contributed by atoms with E-state index in [4.69, 9.17) is 16.3 Å². The third kappa shape index (κ3) is 4.54. The second-order valence-electron chi connectivity index (χ2n) is 4.02. The highest BCUT2D eigenvalue weighted by atomic mass is 35.5. The van der Waals surface area contributed by atoms with Crippen molar-refractivity contribution in [1.29, 1.82) is 0 Å². The summed E-state index contributed by atoms with van der Waals surface area (Å²) in [6.07, 6.45) is 0.311. The molecule has 0 aliphatic carbocycles. The quantitative estimate of drug-likeness (QED) is 0.839. The number of ether oxygens (including phenoxy) is 1. The van der Waals surface area contributed by atoms with E-state index in [0.29, 0.717) is 23.3 Å². The third-order valence-electron chi connectivity index (χ3n) is 2.01. The molecule has 0 amide bonds. The smallest absolute Gasteiger partial charge is 0.138 e. The largest absolute Gasteiger partial charge is 0.489 e. The fraction of sp³-hybridized carbons (Fsp3) is 0.500. The van der Waals surface area contributed by atoms with Crippen molar-refractivity contribution in [2.45, 2.75) is 26.4 Å². The van der Waals surface area contributed by atoms with Gasteiger partial charge in [0, 0.05) is 0 Å². The van der Waals surface area contributed by atoms with Crippen molar-refractivity contribution >= 4 is 11.6 Å². The Morgan fingerprint density at radius 2 is 2.00 bits per heavy atom. The van der Waals surface area contributed by atoms with E-state index in [-0.39, 0.29) is 0 Å². The van der Waals surface area contributed by atoms with Gasteiger partial charge >= 0.3 is 0 Å². The first-order valence-electron chi connectivity index (χ1n) is 5.15. The van der Waals surface area contributed by atoms with Gasteiger partial charge in [0.1, 0.15) is 12.4 Å². The Morgan fingerprint density at radius 1 is 1.33 bits per heavy atom.